The smallest absolute Gasteiger partial charge is 0.257 e. The van der Waals surface area contributed by atoms with Crippen LogP contribution in [0.5, 0.6) is 0 Å². The third-order valence-corrected chi connectivity index (χ3v) is 13.5. The second kappa shape index (κ2) is 18.8. The van der Waals surface area contributed by atoms with E-state index in [-0.39, 0.29) is 35.0 Å². The molecule has 3 fully saturated rings. The molecule has 14 nitrogen and oxygen atoms in total. The molecule has 9 rings (SSSR count). The van der Waals surface area contributed by atoms with Crippen molar-refractivity contribution in [2.75, 3.05) is 81.5 Å². The zero-order chi connectivity index (χ0) is 46.2. The van der Waals surface area contributed by atoms with Crippen molar-refractivity contribution in [1.29, 1.82) is 0 Å². The van der Waals surface area contributed by atoms with Crippen molar-refractivity contribution in [3.05, 3.63) is 117 Å². The fraction of sp³-hybridized carbons (Fsp3) is 0.396. The number of imide groups is 1. The van der Waals surface area contributed by atoms with Crippen molar-refractivity contribution in [3.8, 4) is 5.69 Å². The molecule has 0 spiro atoms. The highest BCUT2D eigenvalue weighted by Crippen LogP contribution is 2.32. The van der Waals surface area contributed by atoms with Crippen molar-refractivity contribution in [2.24, 2.45) is 13.0 Å². The molecule has 3 N–H and O–H groups in total. The molecule has 0 radical (unpaired) electrons. The molecular weight excluding hydrogens is 857 g/mol. The van der Waals surface area contributed by atoms with Crippen LogP contribution < -0.4 is 26.4 Å². The van der Waals surface area contributed by atoms with Gasteiger partial charge in [0.2, 0.25) is 11.8 Å². The Hall–Kier alpha value is -6.53. The van der Waals surface area contributed by atoms with Gasteiger partial charge in [-0.2, -0.15) is 0 Å². The number of fused-ring (bicyclic) bond motifs is 1. The number of rotatable bonds is 11. The molecule has 18 heteroatoms. The highest BCUT2D eigenvalue weighted by molar-refractivity contribution is 6.01. The quantitative estimate of drug-likeness (QED) is 0.115. The standard InChI is InChI=1S/C48H52F4N10O4/c1-53-40-25-44(64)62(28-38(40)52)41-7-12-54-46-34(41)24-33(57(46)2)27-58-13-10-30(11-14-58)45-36(50)21-31(22-37(45)51)48(66)61-15-8-29(9-16-61)26-59-17-19-60(20-18-59)42-5-3-32(23-35(42)49)55-39-4-6-43(63)56-47(39)65/h3,5,7,10,12,21-25,28-29,39,53,55H,4,6,8-9,11,13-20,26-27H2,1-2H3,(H,56,63,65)/t39-/m0/s1. The second-order valence-electron chi connectivity index (χ2n) is 17.6. The van der Waals surface area contributed by atoms with Gasteiger partial charge in [0, 0.05) is 126 Å². The summed E-state index contributed by atoms with van der Waals surface area (Å²) in [7, 11) is 3.42. The number of carbonyl (C=O) groups excluding carboxylic acids is 3. The van der Waals surface area contributed by atoms with Crippen LogP contribution in [0.25, 0.3) is 22.3 Å². The number of hydrogen-bond donors (Lipinski definition) is 3. The van der Waals surface area contributed by atoms with E-state index >= 15 is 13.2 Å². The molecule has 0 unspecified atom stereocenters. The Bertz CT molecular complexity index is 2770. The molecule has 3 saturated heterocycles. The first-order chi connectivity index (χ1) is 31.8. The lowest BCUT2D eigenvalue weighted by Gasteiger charge is -2.39. The van der Waals surface area contributed by atoms with Crippen molar-refractivity contribution < 1.29 is 31.9 Å². The van der Waals surface area contributed by atoms with Crippen LogP contribution in [0.1, 0.15) is 53.7 Å². The van der Waals surface area contributed by atoms with E-state index in [2.05, 4.69) is 30.7 Å². The van der Waals surface area contributed by atoms with Crippen molar-refractivity contribution >= 4 is 51.4 Å². The minimum atomic E-state index is -0.770. The van der Waals surface area contributed by atoms with Gasteiger partial charge in [0.05, 0.1) is 23.3 Å². The maximum absolute atomic E-state index is 15.7. The van der Waals surface area contributed by atoms with E-state index in [1.165, 1.54) is 16.7 Å². The summed E-state index contributed by atoms with van der Waals surface area (Å²) >= 11 is 0. The molecule has 4 aliphatic rings. The number of aromatic nitrogens is 3. The summed E-state index contributed by atoms with van der Waals surface area (Å²) in [5, 5.41) is 8.69. The molecule has 66 heavy (non-hydrogen) atoms. The van der Waals surface area contributed by atoms with E-state index in [1.54, 1.807) is 36.3 Å². The topological polar surface area (TPSA) is 140 Å². The number of piperazine rings is 1. The van der Waals surface area contributed by atoms with Crippen molar-refractivity contribution in [1.82, 2.24) is 34.1 Å². The zero-order valence-electron chi connectivity index (χ0n) is 36.9. The molecule has 3 aromatic heterocycles. The number of piperidine rings is 2. The van der Waals surface area contributed by atoms with E-state index in [4.69, 9.17) is 0 Å². The van der Waals surface area contributed by atoms with Gasteiger partial charge >= 0.3 is 0 Å². The maximum atomic E-state index is 15.7. The van der Waals surface area contributed by atoms with Gasteiger partial charge in [-0.05, 0) is 79.6 Å². The Morgan fingerprint density at radius 2 is 1.58 bits per heavy atom. The Morgan fingerprint density at radius 3 is 2.26 bits per heavy atom. The number of aryl methyl sites for hydroxylation is 1. The Labute approximate surface area is 378 Å². The fourth-order valence-electron chi connectivity index (χ4n) is 9.75. The molecule has 4 aliphatic heterocycles. The monoisotopic (exact) mass is 908 g/mol. The summed E-state index contributed by atoms with van der Waals surface area (Å²) in [4.78, 5) is 62.7. The minimum Gasteiger partial charge on any atom is -0.386 e. The molecule has 0 saturated carbocycles. The van der Waals surface area contributed by atoms with Crippen LogP contribution >= 0.6 is 0 Å². The lowest BCUT2D eigenvalue weighted by molar-refractivity contribution is -0.133. The number of likely N-dealkylation sites (tertiary alicyclic amines) is 1. The van der Waals surface area contributed by atoms with Gasteiger partial charge in [0.1, 0.15) is 29.1 Å². The molecule has 2 aromatic carbocycles. The lowest BCUT2D eigenvalue weighted by atomic mass is 9.94. The first kappa shape index (κ1) is 44.7. The largest absolute Gasteiger partial charge is 0.386 e. The molecule has 7 heterocycles. The van der Waals surface area contributed by atoms with Gasteiger partial charge in [0.15, 0.2) is 5.82 Å². The molecule has 346 valence electrons. The van der Waals surface area contributed by atoms with E-state index in [0.717, 1.165) is 56.5 Å². The summed E-state index contributed by atoms with van der Waals surface area (Å²) in [6.07, 6.45) is 7.04. The fourth-order valence-corrected chi connectivity index (χ4v) is 9.75. The number of halogens is 4. The molecule has 0 aliphatic carbocycles. The number of nitrogens with zero attached hydrogens (tertiary/aromatic N) is 7. The average Bonchev–Trinajstić information content (AvgIpc) is 3.62. The van der Waals surface area contributed by atoms with Crippen molar-refractivity contribution in [2.45, 2.75) is 44.7 Å². The van der Waals surface area contributed by atoms with Gasteiger partial charge in [0.25, 0.3) is 11.5 Å². The predicted molar refractivity (Wildman–Crippen MR) is 244 cm³/mol. The highest BCUT2D eigenvalue weighted by atomic mass is 19.1. The number of hydrogen-bond acceptors (Lipinski definition) is 10. The Balaban J connectivity index is 0.758. The molecular formula is C48H52F4N10O4. The number of amides is 3. The third kappa shape index (κ3) is 9.16. The summed E-state index contributed by atoms with van der Waals surface area (Å²) in [5.74, 6) is -3.26. The van der Waals surface area contributed by atoms with Crippen LogP contribution in [-0.2, 0) is 23.2 Å². The molecule has 5 aromatic rings. The van der Waals surface area contributed by atoms with Gasteiger partial charge in [-0.3, -0.25) is 38.9 Å². The Kier molecular flexibility index (Phi) is 12.7. The SMILES string of the molecule is CNc1cc(=O)n(-c2ccnc3c2cc(CN2CC=C(c4c(F)cc(C(=O)N5CCC(CN6CCN(c7ccc(N[C@H]8CCC(=O)NC8=O)cc7F)CC6)CC5)cc4F)CC2)n3C)cc1F. The van der Waals surface area contributed by atoms with Crippen LogP contribution in [0.4, 0.5) is 34.6 Å². The second-order valence-corrected chi connectivity index (χ2v) is 17.6. The summed E-state index contributed by atoms with van der Waals surface area (Å²) < 4.78 is 64.6. The summed E-state index contributed by atoms with van der Waals surface area (Å²) in [5.41, 5.74) is 3.11. The zero-order valence-corrected chi connectivity index (χ0v) is 36.9. The van der Waals surface area contributed by atoms with Gasteiger partial charge in [-0.15, -0.1) is 0 Å². The Morgan fingerprint density at radius 1 is 0.818 bits per heavy atom. The third-order valence-electron chi connectivity index (χ3n) is 13.5. The van der Waals surface area contributed by atoms with Crippen LogP contribution in [0.3, 0.4) is 0 Å². The summed E-state index contributed by atoms with van der Waals surface area (Å²) in [6, 6.07) is 11.3. The van der Waals surface area contributed by atoms with E-state index in [0.29, 0.717) is 98.2 Å². The normalized spacial score (nSPS) is 19.0. The first-order valence-corrected chi connectivity index (χ1v) is 22.4. The van der Waals surface area contributed by atoms with E-state index in [9.17, 15) is 23.6 Å². The number of pyridine rings is 2. The number of anilines is 3. The van der Waals surface area contributed by atoms with Crippen molar-refractivity contribution in [3.63, 3.8) is 0 Å². The summed E-state index contributed by atoms with van der Waals surface area (Å²) in [6.45, 7) is 6.03. The van der Waals surface area contributed by atoms with Gasteiger partial charge in [-0.25, -0.2) is 22.5 Å². The van der Waals surface area contributed by atoms with E-state index in [1.807, 2.05) is 28.7 Å². The van der Waals surface area contributed by atoms with Crippen LogP contribution in [0.2, 0.25) is 0 Å². The van der Waals surface area contributed by atoms with Crippen LogP contribution in [0.15, 0.2) is 71.8 Å². The molecule has 1 atom stereocenters. The van der Waals surface area contributed by atoms with Crippen LogP contribution in [-0.4, -0.2) is 119 Å². The van der Waals surface area contributed by atoms with E-state index < -0.39 is 40.9 Å². The highest BCUT2D eigenvalue weighted by Gasteiger charge is 2.30. The lowest BCUT2D eigenvalue weighted by Crippen LogP contribution is -2.49. The predicted octanol–water partition coefficient (Wildman–Crippen LogP) is 5.50. The minimum absolute atomic E-state index is 0.0138. The van der Waals surface area contributed by atoms with Crippen LogP contribution in [0, 0.1) is 29.2 Å². The van der Waals surface area contributed by atoms with Gasteiger partial charge in [-0.1, -0.05) is 6.08 Å². The van der Waals surface area contributed by atoms with Gasteiger partial charge < -0.3 is 25.0 Å². The molecule has 0 bridgehead atoms. The maximum Gasteiger partial charge on any atom is 0.257 e. The average molecular weight is 909 g/mol. The number of nitrogens with one attached hydrogen (secondary N) is 3. The first-order valence-electron chi connectivity index (χ1n) is 22.4. The molecule has 3 amide bonds. The number of carbonyl (C=O) groups is 3. The number of benzene rings is 2.